The molecule has 0 saturated heterocycles. The lowest BCUT2D eigenvalue weighted by Crippen LogP contribution is -2.06. The van der Waals surface area contributed by atoms with Gasteiger partial charge in [0.05, 0.1) is 5.56 Å². The number of rotatable bonds is 2. The molecule has 94 valence electrons. The maximum atomic E-state index is 12.7. The Balaban J connectivity index is 2.53. The zero-order valence-corrected chi connectivity index (χ0v) is 8.73. The first-order valence-corrected chi connectivity index (χ1v) is 4.76. The summed E-state index contributed by atoms with van der Waals surface area (Å²) in [4.78, 5) is 10.6. The van der Waals surface area contributed by atoms with Crippen LogP contribution in [0.2, 0.25) is 0 Å². The van der Waals surface area contributed by atoms with Crippen molar-refractivity contribution in [2.75, 3.05) is 0 Å². The van der Waals surface area contributed by atoms with Gasteiger partial charge in [-0.25, -0.2) is 4.79 Å². The Labute approximate surface area is 98.6 Å². The molecule has 0 saturated carbocycles. The van der Waals surface area contributed by atoms with Crippen molar-refractivity contribution in [1.29, 1.82) is 0 Å². The van der Waals surface area contributed by atoms with Gasteiger partial charge in [0.2, 0.25) is 5.76 Å². The average molecular weight is 257 g/mol. The number of nitrogens with zero attached hydrogens (tertiary/aromatic N) is 1. The molecule has 0 unspecified atom stereocenters. The van der Waals surface area contributed by atoms with Crippen molar-refractivity contribution in [3.05, 3.63) is 41.7 Å². The number of halogens is 3. The summed E-state index contributed by atoms with van der Waals surface area (Å²) >= 11 is 0. The van der Waals surface area contributed by atoms with Crippen molar-refractivity contribution < 1.29 is 27.6 Å². The first-order valence-electron chi connectivity index (χ1n) is 4.76. The van der Waals surface area contributed by atoms with Gasteiger partial charge < -0.3 is 9.63 Å². The van der Waals surface area contributed by atoms with Gasteiger partial charge in [-0.05, 0) is 6.07 Å². The minimum Gasteiger partial charge on any atom is -0.475 e. The van der Waals surface area contributed by atoms with Crippen molar-refractivity contribution in [3.8, 4) is 11.3 Å². The van der Waals surface area contributed by atoms with Crippen LogP contribution < -0.4 is 0 Å². The summed E-state index contributed by atoms with van der Waals surface area (Å²) < 4.78 is 42.6. The molecule has 0 aliphatic rings. The number of aromatic carboxylic acids is 1. The second kappa shape index (κ2) is 4.17. The molecule has 0 aliphatic carbocycles. The summed E-state index contributed by atoms with van der Waals surface area (Å²) in [5, 5.41) is 11.9. The van der Waals surface area contributed by atoms with E-state index >= 15 is 0 Å². The van der Waals surface area contributed by atoms with Crippen LogP contribution in [-0.2, 0) is 6.18 Å². The number of aromatic nitrogens is 1. The molecule has 0 atom stereocenters. The van der Waals surface area contributed by atoms with E-state index in [1.807, 2.05) is 0 Å². The van der Waals surface area contributed by atoms with Crippen molar-refractivity contribution in [2.45, 2.75) is 6.18 Å². The molecular formula is C11H6F3NO3. The molecule has 4 nitrogen and oxygen atoms in total. The highest BCUT2D eigenvalue weighted by Crippen LogP contribution is 2.36. The second-order valence-electron chi connectivity index (χ2n) is 3.42. The number of alkyl halides is 3. The first-order chi connectivity index (χ1) is 8.39. The van der Waals surface area contributed by atoms with E-state index in [9.17, 15) is 18.0 Å². The van der Waals surface area contributed by atoms with Crippen molar-refractivity contribution in [3.63, 3.8) is 0 Å². The van der Waals surface area contributed by atoms with Crippen LogP contribution in [0.1, 0.15) is 16.1 Å². The van der Waals surface area contributed by atoms with Gasteiger partial charge in [-0.3, -0.25) is 0 Å². The topological polar surface area (TPSA) is 63.3 Å². The number of hydrogen-bond donors (Lipinski definition) is 1. The van der Waals surface area contributed by atoms with Crippen LogP contribution >= 0.6 is 0 Å². The number of carbonyl (C=O) groups is 1. The van der Waals surface area contributed by atoms with Crippen LogP contribution in [0, 0.1) is 0 Å². The smallest absolute Gasteiger partial charge is 0.417 e. The summed E-state index contributed by atoms with van der Waals surface area (Å²) in [7, 11) is 0. The third-order valence-corrected chi connectivity index (χ3v) is 2.23. The van der Waals surface area contributed by atoms with Gasteiger partial charge in [-0.1, -0.05) is 23.4 Å². The summed E-state index contributed by atoms with van der Waals surface area (Å²) in [6, 6.07) is 5.69. The standard InChI is InChI=1S/C11H6F3NO3/c12-11(13,14)7-4-2-1-3-6(7)8-5-9(10(16)17)18-15-8/h1-5H,(H,16,17). The maximum absolute atomic E-state index is 12.7. The zero-order valence-electron chi connectivity index (χ0n) is 8.73. The predicted molar refractivity (Wildman–Crippen MR) is 53.9 cm³/mol. The van der Waals surface area contributed by atoms with E-state index in [2.05, 4.69) is 9.68 Å². The third kappa shape index (κ3) is 2.20. The molecule has 0 aliphatic heterocycles. The van der Waals surface area contributed by atoms with Gasteiger partial charge in [0.25, 0.3) is 0 Å². The van der Waals surface area contributed by atoms with Crippen LogP contribution in [0.4, 0.5) is 13.2 Å². The Hall–Kier alpha value is -2.31. The Bertz CT molecular complexity index is 589. The quantitative estimate of drug-likeness (QED) is 0.897. The monoisotopic (exact) mass is 257 g/mol. The van der Waals surface area contributed by atoms with E-state index in [1.165, 1.54) is 18.2 Å². The van der Waals surface area contributed by atoms with E-state index in [-0.39, 0.29) is 11.3 Å². The Kier molecular flexibility index (Phi) is 2.82. The van der Waals surface area contributed by atoms with Crippen LogP contribution in [0.5, 0.6) is 0 Å². The fraction of sp³-hybridized carbons (Fsp3) is 0.0909. The van der Waals surface area contributed by atoms with E-state index in [0.29, 0.717) is 0 Å². The highest BCUT2D eigenvalue weighted by Gasteiger charge is 2.34. The lowest BCUT2D eigenvalue weighted by atomic mass is 10.0. The number of benzene rings is 1. The van der Waals surface area contributed by atoms with E-state index in [0.717, 1.165) is 12.1 Å². The molecule has 1 N–H and O–H groups in total. The second-order valence-corrected chi connectivity index (χ2v) is 3.42. The minimum absolute atomic E-state index is 0.166. The molecule has 1 heterocycles. The van der Waals surface area contributed by atoms with Gasteiger partial charge in [-0.15, -0.1) is 0 Å². The fourth-order valence-corrected chi connectivity index (χ4v) is 1.46. The summed E-state index contributed by atoms with van der Waals surface area (Å²) in [5.74, 6) is -1.90. The lowest BCUT2D eigenvalue weighted by molar-refractivity contribution is -0.137. The van der Waals surface area contributed by atoms with E-state index in [4.69, 9.17) is 5.11 Å². The SMILES string of the molecule is O=C(O)c1cc(-c2ccccc2C(F)(F)F)no1. The van der Waals surface area contributed by atoms with Gasteiger partial charge in [0, 0.05) is 11.6 Å². The van der Waals surface area contributed by atoms with Crippen molar-refractivity contribution in [1.82, 2.24) is 5.16 Å². The van der Waals surface area contributed by atoms with Crippen LogP contribution in [0.25, 0.3) is 11.3 Å². The molecule has 0 fully saturated rings. The van der Waals surface area contributed by atoms with Gasteiger partial charge in [0.15, 0.2) is 0 Å². The molecule has 1 aromatic heterocycles. The number of carboxylic acid groups (broad SMARTS) is 1. The summed E-state index contributed by atoms with van der Waals surface area (Å²) in [5.41, 5.74) is -1.28. The molecular weight excluding hydrogens is 251 g/mol. The molecule has 2 rings (SSSR count). The average Bonchev–Trinajstić information content (AvgIpc) is 2.77. The molecule has 1 aromatic carbocycles. The van der Waals surface area contributed by atoms with Gasteiger partial charge >= 0.3 is 12.1 Å². The van der Waals surface area contributed by atoms with Gasteiger partial charge in [-0.2, -0.15) is 13.2 Å². The number of carboxylic acids is 1. The van der Waals surface area contributed by atoms with Crippen molar-refractivity contribution >= 4 is 5.97 Å². The zero-order chi connectivity index (χ0) is 13.3. The lowest BCUT2D eigenvalue weighted by Gasteiger charge is -2.09. The molecule has 18 heavy (non-hydrogen) atoms. The van der Waals surface area contributed by atoms with E-state index < -0.39 is 23.5 Å². The summed E-state index contributed by atoms with van der Waals surface area (Å²) in [6.07, 6.45) is -4.54. The first kappa shape index (κ1) is 12.2. The molecule has 0 bridgehead atoms. The fourth-order valence-electron chi connectivity index (χ4n) is 1.46. The van der Waals surface area contributed by atoms with Crippen LogP contribution in [-0.4, -0.2) is 16.2 Å². The van der Waals surface area contributed by atoms with Crippen LogP contribution in [0.15, 0.2) is 34.9 Å². The largest absolute Gasteiger partial charge is 0.475 e. The van der Waals surface area contributed by atoms with Gasteiger partial charge in [0.1, 0.15) is 5.69 Å². The summed E-state index contributed by atoms with van der Waals surface area (Å²) in [6.45, 7) is 0. The predicted octanol–water partition coefficient (Wildman–Crippen LogP) is 3.06. The Morgan fingerprint density at radius 2 is 1.94 bits per heavy atom. The normalized spacial score (nSPS) is 11.5. The van der Waals surface area contributed by atoms with E-state index in [1.54, 1.807) is 0 Å². The molecule has 0 radical (unpaired) electrons. The highest BCUT2D eigenvalue weighted by molar-refractivity contribution is 5.85. The number of hydrogen-bond acceptors (Lipinski definition) is 3. The molecule has 0 spiro atoms. The Morgan fingerprint density at radius 3 is 2.50 bits per heavy atom. The molecule has 0 amide bonds. The highest BCUT2D eigenvalue weighted by atomic mass is 19.4. The maximum Gasteiger partial charge on any atom is 0.417 e. The molecule has 2 aromatic rings. The van der Waals surface area contributed by atoms with Crippen molar-refractivity contribution in [2.24, 2.45) is 0 Å². The van der Waals surface area contributed by atoms with Crippen LogP contribution in [0.3, 0.4) is 0 Å². The molecule has 7 heteroatoms. The third-order valence-electron chi connectivity index (χ3n) is 2.23. The Morgan fingerprint density at radius 1 is 1.28 bits per heavy atom. The minimum atomic E-state index is -4.54.